The van der Waals surface area contributed by atoms with E-state index in [2.05, 4.69) is 5.32 Å². The van der Waals surface area contributed by atoms with Gasteiger partial charge in [0.1, 0.15) is 0 Å². The first kappa shape index (κ1) is 12.3. The van der Waals surface area contributed by atoms with Crippen LogP contribution in [-0.4, -0.2) is 15.6 Å². The fourth-order valence-corrected chi connectivity index (χ4v) is 2.27. The van der Waals surface area contributed by atoms with Crippen molar-refractivity contribution in [1.29, 1.82) is 0 Å². The number of nitrogens with zero attached hydrogens (tertiary/aromatic N) is 1. The molecule has 0 spiro atoms. The van der Waals surface area contributed by atoms with Gasteiger partial charge in [-0.05, 0) is 35.7 Å². The quantitative estimate of drug-likeness (QED) is 0.761. The van der Waals surface area contributed by atoms with Gasteiger partial charge in [0.05, 0.1) is 11.3 Å². The molecule has 0 aliphatic carbocycles. The number of nitrogens with one attached hydrogen (secondary N) is 1. The van der Waals surface area contributed by atoms with Gasteiger partial charge < -0.3 is 15.0 Å². The highest BCUT2D eigenvalue weighted by atomic mass is 16.4. The van der Waals surface area contributed by atoms with Crippen LogP contribution >= 0.6 is 0 Å². The monoisotopic (exact) mass is 266 g/mol. The van der Waals surface area contributed by atoms with Gasteiger partial charge in [-0.15, -0.1) is 0 Å². The number of aryl methyl sites for hydroxylation is 1. The first-order chi connectivity index (χ1) is 9.65. The number of benzene rings is 2. The van der Waals surface area contributed by atoms with E-state index in [4.69, 9.17) is 0 Å². The zero-order valence-electron chi connectivity index (χ0n) is 11.0. The van der Waals surface area contributed by atoms with Gasteiger partial charge in [0.15, 0.2) is 0 Å². The minimum atomic E-state index is -0.937. The molecule has 0 amide bonds. The first-order valence-electron chi connectivity index (χ1n) is 6.29. The van der Waals surface area contributed by atoms with Gasteiger partial charge in [0.2, 0.25) is 0 Å². The van der Waals surface area contributed by atoms with Gasteiger partial charge in [-0.3, -0.25) is 0 Å². The Morgan fingerprint density at radius 2 is 1.95 bits per heavy atom. The van der Waals surface area contributed by atoms with Crippen molar-refractivity contribution in [2.24, 2.45) is 7.05 Å². The number of aromatic carboxylic acids is 1. The van der Waals surface area contributed by atoms with Crippen LogP contribution in [0.1, 0.15) is 10.4 Å². The van der Waals surface area contributed by atoms with Crippen LogP contribution in [0.15, 0.2) is 54.7 Å². The lowest BCUT2D eigenvalue weighted by molar-refractivity contribution is 0.0698. The summed E-state index contributed by atoms with van der Waals surface area (Å²) in [6.45, 7) is 0. The van der Waals surface area contributed by atoms with Crippen LogP contribution < -0.4 is 5.32 Å². The third-order valence-electron chi connectivity index (χ3n) is 3.32. The lowest BCUT2D eigenvalue weighted by Gasteiger charge is -2.10. The Kier molecular flexibility index (Phi) is 2.91. The van der Waals surface area contributed by atoms with Crippen LogP contribution in [0.5, 0.6) is 0 Å². The molecular formula is C16H14N2O2. The zero-order chi connectivity index (χ0) is 14.1. The van der Waals surface area contributed by atoms with Crippen molar-refractivity contribution in [1.82, 2.24) is 4.57 Å². The molecule has 0 saturated carbocycles. The molecule has 100 valence electrons. The average Bonchev–Trinajstić information content (AvgIpc) is 2.81. The Morgan fingerprint density at radius 3 is 2.75 bits per heavy atom. The molecule has 0 aliphatic heterocycles. The van der Waals surface area contributed by atoms with E-state index in [1.54, 1.807) is 18.2 Å². The van der Waals surface area contributed by atoms with Crippen LogP contribution in [-0.2, 0) is 7.05 Å². The Balaban J connectivity index is 2.01. The Hall–Kier alpha value is -2.75. The number of para-hydroxylation sites is 1. The smallest absolute Gasteiger partial charge is 0.337 e. The van der Waals surface area contributed by atoms with Gasteiger partial charge in [0.25, 0.3) is 0 Å². The molecule has 4 nitrogen and oxygen atoms in total. The van der Waals surface area contributed by atoms with E-state index in [0.717, 1.165) is 16.6 Å². The number of aromatic nitrogens is 1. The number of hydrogen-bond acceptors (Lipinski definition) is 2. The molecule has 4 heteroatoms. The molecule has 20 heavy (non-hydrogen) atoms. The van der Waals surface area contributed by atoms with E-state index in [0.29, 0.717) is 5.69 Å². The van der Waals surface area contributed by atoms with Crippen molar-refractivity contribution in [2.45, 2.75) is 0 Å². The first-order valence-corrected chi connectivity index (χ1v) is 6.29. The van der Waals surface area contributed by atoms with Crippen LogP contribution in [0.25, 0.3) is 10.9 Å². The van der Waals surface area contributed by atoms with E-state index in [9.17, 15) is 9.90 Å². The van der Waals surface area contributed by atoms with Gasteiger partial charge in [-0.25, -0.2) is 4.79 Å². The van der Waals surface area contributed by atoms with Gasteiger partial charge in [-0.1, -0.05) is 18.2 Å². The van der Waals surface area contributed by atoms with Crippen molar-refractivity contribution < 1.29 is 9.90 Å². The van der Waals surface area contributed by atoms with Crippen LogP contribution in [0.3, 0.4) is 0 Å². The second kappa shape index (κ2) is 4.74. The van der Waals surface area contributed by atoms with Crippen molar-refractivity contribution in [3.05, 3.63) is 60.3 Å². The third-order valence-corrected chi connectivity index (χ3v) is 3.32. The maximum atomic E-state index is 11.2. The molecule has 2 N–H and O–H groups in total. The third kappa shape index (κ3) is 2.12. The standard InChI is InChI=1S/C16H14N2O2/c1-18-9-8-11-6-7-12(10-15(11)18)17-14-5-3-2-4-13(14)16(19)20/h2-10,17H,1H3,(H,19,20). The van der Waals surface area contributed by atoms with E-state index in [1.807, 2.05) is 48.1 Å². The van der Waals surface area contributed by atoms with Crippen molar-refractivity contribution in [3.8, 4) is 0 Å². The van der Waals surface area contributed by atoms with E-state index >= 15 is 0 Å². The summed E-state index contributed by atoms with van der Waals surface area (Å²) in [5.41, 5.74) is 2.82. The largest absolute Gasteiger partial charge is 0.478 e. The minimum absolute atomic E-state index is 0.263. The van der Waals surface area contributed by atoms with E-state index < -0.39 is 5.97 Å². The number of carboxylic acid groups (broad SMARTS) is 1. The number of carboxylic acids is 1. The molecule has 3 aromatic rings. The van der Waals surface area contributed by atoms with Gasteiger partial charge in [0, 0.05) is 24.4 Å². The van der Waals surface area contributed by atoms with E-state index in [-0.39, 0.29) is 5.56 Å². The van der Waals surface area contributed by atoms with Crippen LogP contribution in [0.4, 0.5) is 11.4 Å². The highest BCUT2D eigenvalue weighted by Crippen LogP contribution is 2.24. The van der Waals surface area contributed by atoms with Crippen molar-refractivity contribution >= 4 is 28.2 Å². The lowest BCUT2D eigenvalue weighted by atomic mass is 10.1. The summed E-state index contributed by atoms with van der Waals surface area (Å²) in [7, 11) is 1.98. The highest BCUT2D eigenvalue weighted by molar-refractivity contribution is 5.95. The maximum absolute atomic E-state index is 11.2. The topological polar surface area (TPSA) is 54.3 Å². The Labute approximate surface area is 116 Å². The Morgan fingerprint density at radius 1 is 1.15 bits per heavy atom. The zero-order valence-corrected chi connectivity index (χ0v) is 11.0. The minimum Gasteiger partial charge on any atom is -0.478 e. The molecule has 3 rings (SSSR count). The predicted octanol–water partition coefficient (Wildman–Crippen LogP) is 3.62. The average molecular weight is 266 g/mol. The normalized spacial score (nSPS) is 10.7. The number of hydrogen-bond donors (Lipinski definition) is 2. The molecule has 0 bridgehead atoms. The highest BCUT2D eigenvalue weighted by Gasteiger charge is 2.09. The summed E-state index contributed by atoms with van der Waals surface area (Å²) in [6.07, 6.45) is 2.00. The number of fused-ring (bicyclic) bond motifs is 1. The number of anilines is 2. The molecule has 0 aliphatic rings. The summed E-state index contributed by atoms with van der Waals surface area (Å²) in [5, 5.41) is 13.5. The molecular weight excluding hydrogens is 252 g/mol. The van der Waals surface area contributed by atoms with Crippen LogP contribution in [0, 0.1) is 0 Å². The van der Waals surface area contributed by atoms with Gasteiger partial charge in [-0.2, -0.15) is 0 Å². The van der Waals surface area contributed by atoms with Gasteiger partial charge >= 0.3 is 5.97 Å². The summed E-state index contributed by atoms with van der Waals surface area (Å²) < 4.78 is 2.03. The molecule has 0 saturated heterocycles. The molecule has 1 heterocycles. The van der Waals surface area contributed by atoms with Crippen LogP contribution in [0.2, 0.25) is 0 Å². The fourth-order valence-electron chi connectivity index (χ4n) is 2.27. The SMILES string of the molecule is Cn1ccc2ccc(Nc3ccccc3C(=O)O)cc21. The molecule has 0 radical (unpaired) electrons. The summed E-state index contributed by atoms with van der Waals surface area (Å²) in [4.78, 5) is 11.2. The molecule has 0 fully saturated rings. The molecule has 0 unspecified atom stereocenters. The van der Waals surface area contributed by atoms with Crippen molar-refractivity contribution in [3.63, 3.8) is 0 Å². The summed E-state index contributed by atoms with van der Waals surface area (Å²) >= 11 is 0. The molecule has 2 aromatic carbocycles. The number of rotatable bonds is 3. The number of carbonyl (C=O) groups is 1. The van der Waals surface area contributed by atoms with Crippen molar-refractivity contribution in [2.75, 3.05) is 5.32 Å². The second-order valence-corrected chi connectivity index (χ2v) is 4.68. The predicted molar refractivity (Wildman–Crippen MR) is 79.6 cm³/mol. The summed E-state index contributed by atoms with van der Waals surface area (Å²) in [6, 6.07) is 14.9. The Bertz CT molecular complexity index is 790. The molecule has 1 aromatic heterocycles. The second-order valence-electron chi connectivity index (χ2n) is 4.68. The fraction of sp³-hybridized carbons (Fsp3) is 0.0625. The van der Waals surface area contributed by atoms with E-state index in [1.165, 1.54) is 0 Å². The maximum Gasteiger partial charge on any atom is 0.337 e. The summed E-state index contributed by atoms with van der Waals surface area (Å²) in [5.74, 6) is -0.937. The lowest BCUT2D eigenvalue weighted by Crippen LogP contribution is -2.02. The molecule has 0 atom stereocenters.